The molecule has 0 saturated carbocycles. The molecule has 0 aromatic heterocycles. The Kier molecular flexibility index (Phi) is 5.34. The first-order valence-electron chi connectivity index (χ1n) is 7.81. The van der Waals surface area contributed by atoms with Crippen LogP contribution >= 0.6 is 11.6 Å². The fourth-order valence-electron chi connectivity index (χ4n) is 2.33. The smallest absolute Gasteiger partial charge is 0.261 e. The summed E-state index contributed by atoms with van der Waals surface area (Å²) in [5.74, 6) is 0.166. The molecule has 0 saturated heterocycles. The maximum absolute atomic E-state index is 12.6. The van der Waals surface area contributed by atoms with Gasteiger partial charge < -0.3 is 10.5 Å². The van der Waals surface area contributed by atoms with Gasteiger partial charge in [0.25, 0.3) is 15.9 Å². The summed E-state index contributed by atoms with van der Waals surface area (Å²) >= 11 is 6.04. The first-order valence-corrected chi connectivity index (χ1v) is 9.67. The van der Waals surface area contributed by atoms with E-state index in [9.17, 15) is 13.2 Å². The molecule has 138 valence electrons. The summed E-state index contributed by atoms with van der Waals surface area (Å²) in [7, 11) is -3.91. The molecule has 8 heteroatoms. The van der Waals surface area contributed by atoms with E-state index in [-0.39, 0.29) is 16.1 Å². The largest absolute Gasteiger partial charge is 0.456 e. The zero-order chi connectivity index (χ0) is 19.4. The highest BCUT2D eigenvalue weighted by Gasteiger charge is 2.17. The minimum Gasteiger partial charge on any atom is -0.456 e. The predicted molar refractivity (Wildman–Crippen MR) is 104 cm³/mol. The number of hydrogen-bond acceptors (Lipinski definition) is 4. The molecule has 0 fully saturated rings. The third kappa shape index (κ3) is 4.39. The molecule has 3 aromatic carbocycles. The lowest BCUT2D eigenvalue weighted by Gasteiger charge is -2.12. The number of primary amides is 1. The van der Waals surface area contributed by atoms with Crippen LogP contribution in [0.2, 0.25) is 5.02 Å². The lowest BCUT2D eigenvalue weighted by Crippen LogP contribution is -2.18. The average Bonchev–Trinajstić information content (AvgIpc) is 2.64. The second kappa shape index (κ2) is 7.69. The Balaban J connectivity index is 1.82. The average molecular weight is 403 g/mol. The van der Waals surface area contributed by atoms with E-state index in [1.807, 2.05) is 0 Å². The lowest BCUT2D eigenvalue weighted by molar-refractivity contribution is 0.100. The van der Waals surface area contributed by atoms with Gasteiger partial charge in [-0.1, -0.05) is 35.9 Å². The van der Waals surface area contributed by atoms with Crippen molar-refractivity contribution in [1.29, 1.82) is 0 Å². The second-order valence-corrected chi connectivity index (χ2v) is 7.61. The zero-order valence-corrected chi connectivity index (χ0v) is 15.5. The van der Waals surface area contributed by atoms with Crippen molar-refractivity contribution in [3.8, 4) is 11.5 Å². The molecular weight excluding hydrogens is 388 g/mol. The third-order valence-electron chi connectivity index (χ3n) is 3.64. The molecule has 0 unspecified atom stereocenters. The minimum absolute atomic E-state index is 0.00767. The fourth-order valence-corrected chi connectivity index (χ4v) is 3.59. The number of ether oxygens (including phenoxy) is 1. The molecular formula is C19H15ClN2O4S. The van der Waals surface area contributed by atoms with E-state index in [1.165, 1.54) is 36.4 Å². The van der Waals surface area contributed by atoms with E-state index in [1.54, 1.807) is 36.4 Å². The molecule has 3 N–H and O–H groups in total. The van der Waals surface area contributed by atoms with Gasteiger partial charge in [0, 0.05) is 0 Å². The predicted octanol–water partition coefficient (Wildman–Crippen LogP) is 4.03. The molecule has 0 radical (unpaired) electrons. The number of sulfonamides is 1. The van der Waals surface area contributed by atoms with Crippen molar-refractivity contribution in [3.05, 3.63) is 83.4 Å². The van der Waals surface area contributed by atoms with Crippen LogP contribution < -0.4 is 15.2 Å². The Morgan fingerprint density at radius 1 is 0.926 bits per heavy atom. The van der Waals surface area contributed by atoms with Crippen LogP contribution in [-0.4, -0.2) is 14.3 Å². The molecule has 0 atom stereocenters. The topological polar surface area (TPSA) is 98.5 Å². The van der Waals surface area contributed by atoms with Crippen LogP contribution in [-0.2, 0) is 10.0 Å². The van der Waals surface area contributed by atoms with Crippen molar-refractivity contribution in [2.75, 3.05) is 4.72 Å². The number of halogens is 1. The van der Waals surface area contributed by atoms with Gasteiger partial charge in [0.05, 0.1) is 21.2 Å². The number of rotatable bonds is 6. The summed E-state index contributed by atoms with van der Waals surface area (Å²) in [6.07, 6.45) is 0. The number of carbonyl (C=O) groups is 1. The molecule has 3 aromatic rings. The van der Waals surface area contributed by atoms with E-state index in [2.05, 4.69) is 4.72 Å². The summed E-state index contributed by atoms with van der Waals surface area (Å²) in [4.78, 5) is 11.5. The van der Waals surface area contributed by atoms with Crippen LogP contribution in [0.25, 0.3) is 0 Å². The Bertz CT molecular complexity index is 1080. The van der Waals surface area contributed by atoms with Gasteiger partial charge in [0.1, 0.15) is 11.5 Å². The molecule has 0 aliphatic heterocycles. The SMILES string of the molecule is NC(=O)c1ccccc1NS(=O)(=O)c1ccc(Oc2ccccc2Cl)cc1. The van der Waals surface area contributed by atoms with Crippen molar-refractivity contribution in [2.24, 2.45) is 5.73 Å². The van der Waals surface area contributed by atoms with E-state index in [0.29, 0.717) is 16.5 Å². The lowest BCUT2D eigenvalue weighted by atomic mass is 10.2. The van der Waals surface area contributed by atoms with Crippen LogP contribution in [0, 0.1) is 0 Å². The first-order chi connectivity index (χ1) is 12.9. The van der Waals surface area contributed by atoms with E-state index >= 15 is 0 Å². The number of anilines is 1. The highest BCUT2D eigenvalue weighted by molar-refractivity contribution is 7.92. The number of para-hydroxylation sites is 2. The standard InChI is InChI=1S/C19H15ClN2O4S/c20-16-6-2-4-8-18(16)26-13-9-11-14(12-10-13)27(24,25)22-17-7-3-1-5-15(17)19(21)23/h1-12,22H,(H2,21,23). The van der Waals surface area contributed by atoms with Gasteiger partial charge in [-0.05, 0) is 48.5 Å². The molecule has 27 heavy (non-hydrogen) atoms. The summed E-state index contributed by atoms with van der Waals surface area (Å²) in [6, 6.07) is 18.9. The molecule has 0 aliphatic rings. The van der Waals surface area contributed by atoms with Crippen LogP contribution in [0.5, 0.6) is 11.5 Å². The number of nitrogens with one attached hydrogen (secondary N) is 1. The summed E-state index contributed by atoms with van der Waals surface area (Å²) in [5.41, 5.74) is 5.47. The summed E-state index contributed by atoms with van der Waals surface area (Å²) in [6.45, 7) is 0. The summed E-state index contributed by atoms with van der Waals surface area (Å²) in [5, 5.41) is 0.443. The number of nitrogens with two attached hydrogens (primary N) is 1. The molecule has 3 rings (SSSR count). The van der Waals surface area contributed by atoms with Gasteiger partial charge >= 0.3 is 0 Å². The van der Waals surface area contributed by atoms with Gasteiger partial charge in [-0.2, -0.15) is 0 Å². The molecule has 0 heterocycles. The summed E-state index contributed by atoms with van der Waals surface area (Å²) < 4.78 is 33.2. The van der Waals surface area contributed by atoms with Crippen molar-refractivity contribution in [2.45, 2.75) is 4.90 Å². The highest BCUT2D eigenvalue weighted by Crippen LogP contribution is 2.29. The third-order valence-corrected chi connectivity index (χ3v) is 5.33. The van der Waals surface area contributed by atoms with E-state index < -0.39 is 15.9 Å². The molecule has 0 aliphatic carbocycles. The van der Waals surface area contributed by atoms with Gasteiger partial charge in [-0.3, -0.25) is 9.52 Å². The number of benzene rings is 3. The van der Waals surface area contributed by atoms with Crippen molar-refractivity contribution in [1.82, 2.24) is 0 Å². The van der Waals surface area contributed by atoms with Crippen LogP contribution in [0.1, 0.15) is 10.4 Å². The van der Waals surface area contributed by atoms with Crippen LogP contribution in [0.15, 0.2) is 77.7 Å². The second-order valence-electron chi connectivity index (χ2n) is 5.52. The van der Waals surface area contributed by atoms with Crippen LogP contribution in [0.4, 0.5) is 5.69 Å². The van der Waals surface area contributed by atoms with Crippen molar-refractivity contribution in [3.63, 3.8) is 0 Å². The Hall–Kier alpha value is -3.03. The van der Waals surface area contributed by atoms with Crippen molar-refractivity contribution >= 4 is 33.2 Å². The van der Waals surface area contributed by atoms with Crippen LogP contribution in [0.3, 0.4) is 0 Å². The van der Waals surface area contributed by atoms with Gasteiger partial charge in [0.15, 0.2) is 0 Å². The molecule has 0 bridgehead atoms. The monoisotopic (exact) mass is 402 g/mol. The quantitative estimate of drug-likeness (QED) is 0.650. The van der Waals surface area contributed by atoms with Gasteiger partial charge in [0.2, 0.25) is 0 Å². The Morgan fingerprint density at radius 2 is 1.56 bits per heavy atom. The normalized spacial score (nSPS) is 11.0. The number of hydrogen-bond donors (Lipinski definition) is 2. The first kappa shape index (κ1) is 18.8. The number of carbonyl (C=O) groups excluding carboxylic acids is 1. The molecule has 6 nitrogen and oxygen atoms in total. The fraction of sp³-hybridized carbons (Fsp3) is 0. The molecule has 1 amide bonds. The Labute approximate surface area is 161 Å². The van der Waals surface area contributed by atoms with E-state index in [0.717, 1.165) is 0 Å². The van der Waals surface area contributed by atoms with Gasteiger partial charge in [-0.15, -0.1) is 0 Å². The Morgan fingerprint density at radius 3 is 2.22 bits per heavy atom. The maximum atomic E-state index is 12.6. The number of amides is 1. The van der Waals surface area contributed by atoms with Gasteiger partial charge in [-0.25, -0.2) is 8.42 Å². The van der Waals surface area contributed by atoms with E-state index in [4.69, 9.17) is 22.1 Å². The molecule has 0 spiro atoms. The highest BCUT2D eigenvalue weighted by atomic mass is 35.5. The van der Waals surface area contributed by atoms with Crippen molar-refractivity contribution < 1.29 is 17.9 Å². The minimum atomic E-state index is -3.91. The zero-order valence-electron chi connectivity index (χ0n) is 13.9. The maximum Gasteiger partial charge on any atom is 0.261 e.